The lowest BCUT2D eigenvalue weighted by Gasteiger charge is -2.40. The largest absolute Gasteiger partial charge is 0.444 e. The molecule has 3 aliphatic heterocycles. The first-order valence-electron chi connectivity index (χ1n) is 9.88. The molecule has 1 N–H and O–H groups in total. The molecule has 1 aromatic carbocycles. The molecular weight excluding hydrogens is 374 g/mol. The van der Waals surface area contributed by atoms with Crippen molar-refractivity contribution < 1.29 is 23.9 Å². The predicted octanol–water partition coefficient (Wildman–Crippen LogP) is 1.78. The maximum absolute atomic E-state index is 12.8. The van der Waals surface area contributed by atoms with Crippen LogP contribution in [0, 0.1) is 0 Å². The van der Waals surface area contributed by atoms with Crippen LogP contribution in [-0.2, 0) is 20.9 Å². The topological polar surface area (TPSA) is 96.0 Å². The van der Waals surface area contributed by atoms with Crippen molar-refractivity contribution in [2.45, 2.75) is 57.7 Å². The van der Waals surface area contributed by atoms with Gasteiger partial charge in [0.25, 0.3) is 5.91 Å². The van der Waals surface area contributed by atoms with Crippen LogP contribution < -0.4 is 5.32 Å². The molecule has 2 fully saturated rings. The molecule has 2 saturated heterocycles. The summed E-state index contributed by atoms with van der Waals surface area (Å²) in [7, 11) is 0. The average Bonchev–Trinajstić information content (AvgIpc) is 2.88. The van der Waals surface area contributed by atoms with Crippen molar-refractivity contribution in [2.24, 2.45) is 0 Å². The van der Waals surface area contributed by atoms with Gasteiger partial charge in [-0.2, -0.15) is 0 Å². The summed E-state index contributed by atoms with van der Waals surface area (Å²) in [6.07, 6.45) is 0.281. The summed E-state index contributed by atoms with van der Waals surface area (Å²) in [6.45, 7) is 7.05. The third-order valence-electron chi connectivity index (χ3n) is 5.55. The Labute approximate surface area is 169 Å². The van der Waals surface area contributed by atoms with Crippen LogP contribution in [0.4, 0.5) is 4.79 Å². The van der Waals surface area contributed by atoms with Gasteiger partial charge in [-0.3, -0.25) is 19.7 Å². The van der Waals surface area contributed by atoms with E-state index in [2.05, 4.69) is 5.32 Å². The van der Waals surface area contributed by atoms with Crippen LogP contribution in [0.5, 0.6) is 0 Å². The van der Waals surface area contributed by atoms with Gasteiger partial charge in [0.05, 0.1) is 0 Å². The van der Waals surface area contributed by atoms with Crippen LogP contribution in [-0.4, -0.2) is 58.3 Å². The van der Waals surface area contributed by atoms with Crippen molar-refractivity contribution in [2.75, 3.05) is 13.1 Å². The van der Waals surface area contributed by atoms with E-state index < -0.39 is 17.6 Å². The summed E-state index contributed by atoms with van der Waals surface area (Å²) in [5.74, 6) is -0.676. The van der Waals surface area contributed by atoms with Crippen LogP contribution >= 0.6 is 0 Å². The number of amides is 4. The summed E-state index contributed by atoms with van der Waals surface area (Å²) in [6, 6.07) is 5.11. The van der Waals surface area contributed by atoms with E-state index in [0.29, 0.717) is 31.6 Å². The Morgan fingerprint density at radius 2 is 1.90 bits per heavy atom. The molecule has 4 rings (SSSR count). The van der Waals surface area contributed by atoms with Crippen molar-refractivity contribution in [3.05, 3.63) is 34.9 Å². The number of piperidine rings is 1. The Morgan fingerprint density at radius 3 is 2.55 bits per heavy atom. The summed E-state index contributed by atoms with van der Waals surface area (Å²) in [5, 5.41) is 2.31. The lowest BCUT2D eigenvalue weighted by atomic mass is 9.90. The fraction of sp³-hybridized carbons (Fsp3) is 0.524. The van der Waals surface area contributed by atoms with Gasteiger partial charge >= 0.3 is 6.09 Å². The normalized spacial score (nSPS) is 22.3. The van der Waals surface area contributed by atoms with Gasteiger partial charge in [0.15, 0.2) is 0 Å². The van der Waals surface area contributed by atoms with Crippen LogP contribution in [0.25, 0.3) is 0 Å². The van der Waals surface area contributed by atoms with Gasteiger partial charge in [-0.1, -0.05) is 12.1 Å². The number of likely N-dealkylation sites (tertiary alicyclic amines) is 1. The van der Waals surface area contributed by atoms with E-state index in [1.807, 2.05) is 32.9 Å². The quantitative estimate of drug-likeness (QED) is 0.765. The minimum atomic E-state index is -0.609. The van der Waals surface area contributed by atoms with E-state index in [-0.39, 0.29) is 30.2 Å². The lowest BCUT2D eigenvalue weighted by Crippen LogP contribution is -2.52. The fourth-order valence-corrected chi connectivity index (χ4v) is 4.01. The second-order valence-electron chi connectivity index (χ2n) is 8.90. The Kier molecular flexibility index (Phi) is 4.59. The zero-order valence-electron chi connectivity index (χ0n) is 16.9. The zero-order chi connectivity index (χ0) is 20.9. The van der Waals surface area contributed by atoms with Gasteiger partial charge in [-0.15, -0.1) is 0 Å². The van der Waals surface area contributed by atoms with E-state index in [4.69, 9.17) is 4.74 Å². The van der Waals surface area contributed by atoms with E-state index in [1.165, 1.54) is 0 Å². The molecule has 1 aromatic rings. The summed E-state index contributed by atoms with van der Waals surface area (Å²) in [5.41, 5.74) is 2.03. The summed E-state index contributed by atoms with van der Waals surface area (Å²) < 4.78 is 5.39. The molecule has 1 unspecified atom stereocenters. The second-order valence-corrected chi connectivity index (χ2v) is 8.90. The average molecular weight is 399 g/mol. The number of carbonyl (C=O) groups is 4. The lowest BCUT2D eigenvalue weighted by molar-refractivity contribution is -0.136. The molecule has 8 nitrogen and oxygen atoms in total. The predicted molar refractivity (Wildman–Crippen MR) is 103 cm³/mol. The third kappa shape index (κ3) is 3.71. The molecule has 0 spiro atoms. The van der Waals surface area contributed by atoms with Crippen molar-refractivity contribution in [3.8, 4) is 0 Å². The molecule has 1 atom stereocenters. The Bertz CT molecular complexity index is 898. The first kappa shape index (κ1) is 19.4. The monoisotopic (exact) mass is 399 g/mol. The molecule has 3 heterocycles. The maximum Gasteiger partial charge on any atom is 0.410 e. The maximum atomic E-state index is 12.8. The molecule has 29 heavy (non-hydrogen) atoms. The van der Waals surface area contributed by atoms with Gasteiger partial charge in [0, 0.05) is 37.5 Å². The van der Waals surface area contributed by atoms with Gasteiger partial charge in [0.2, 0.25) is 11.8 Å². The number of hydrogen-bond donors (Lipinski definition) is 1. The van der Waals surface area contributed by atoms with Crippen molar-refractivity contribution in [1.29, 1.82) is 0 Å². The van der Waals surface area contributed by atoms with E-state index in [9.17, 15) is 19.2 Å². The third-order valence-corrected chi connectivity index (χ3v) is 5.55. The van der Waals surface area contributed by atoms with Crippen LogP contribution in [0.3, 0.4) is 0 Å². The van der Waals surface area contributed by atoms with Gasteiger partial charge in [-0.05, 0) is 44.4 Å². The molecule has 3 aliphatic rings. The number of ether oxygens (including phenoxy) is 1. The van der Waals surface area contributed by atoms with Gasteiger partial charge in [0.1, 0.15) is 11.6 Å². The van der Waals surface area contributed by atoms with Gasteiger partial charge < -0.3 is 14.5 Å². The number of carbonyl (C=O) groups excluding carboxylic acids is 4. The minimum Gasteiger partial charge on any atom is -0.444 e. The van der Waals surface area contributed by atoms with Crippen LogP contribution in [0.2, 0.25) is 0 Å². The van der Waals surface area contributed by atoms with Crippen LogP contribution in [0.15, 0.2) is 18.2 Å². The molecule has 4 amide bonds. The van der Waals surface area contributed by atoms with Crippen LogP contribution in [0.1, 0.15) is 61.0 Å². The molecule has 0 aromatic heterocycles. The number of nitrogens with one attached hydrogen (secondary N) is 1. The zero-order valence-corrected chi connectivity index (χ0v) is 16.9. The fourth-order valence-electron chi connectivity index (χ4n) is 4.01. The summed E-state index contributed by atoms with van der Waals surface area (Å²) in [4.78, 5) is 51.6. The number of imide groups is 1. The molecule has 0 aliphatic carbocycles. The van der Waals surface area contributed by atoms with Crippen molar-refractivity contribution >= 4 is 23.8 Å². The smallest absolute Gasteiger partial charge is 0.410 e. The molecule has 8 heteroatoms. The number of rotatable bonds is 2. The second kappa shape index (κ2) is 6.86. The van der Waals surface area contributed by atoms with Gasteiger partial charge in [-0.25, -0.2) is 4.79 Å². The number of nitrogens with zero attached hydrogens (tertiary/aromatic N) is 2. The van der Waals surface area contributed by atoms with E-state index in [0.717, 1.165) is 11.1 Å². The molecular formula is C21H25N3O5. The molecule has 0 radical (unpaired) electrons. The van der Waals surface area contributed by atoms with E-state index >= 15 is 0 Å². The minimum absolute atomic E-state index is 0.176. The summed E-state index contributed by atoms with van der Waals surface area (Å²) >= 11 is 0. The molecule has 0 bridgehead atoms. The standard InChI is InChI=1S/C21H25N3O5/c1-21(2,3)29-20(28)23-9-14(10-23)12-4-5-15-13(8-12)11-24(19(15)27)16-6-7-17(25)22-18(16)26/h4-5,8,14,16H,6-7,9-11H2,1-3H3,(H,22,25,26). The Balaban J connectivity index is 1.42. The number of benzene rings is 1. The highest BCUT2D eigenvalue weighted by atomic mass is 16.6. The van der Waals surface area contributed by atoms with Crippen molar-refractivity contribution in [1.82, 2.24) is 15.1 Å². The highest BCUT2D eigenvalue weighted by Gasteiger charge is 2.40. The molecule has 0 saturated carbocycles. The number of hydrogen-bond acceptors (Lipinski definition) is 5. The number of fused-ring (bicyclic) bond motifs is 1. The van der Waals surface area contributed by atoms with Crippen molar-refractivity contribution in [3.63, 3.8) is 0 Å². The Morgan fingerprint density at radius 1 is 1.17 bits per heavy atom. The first-order valence-corrected chi connectivity index (χ1v) is 9.88. The first-order chi connectivity index (χ1) is 13.6. The SMILES string of the molecule is CC(C)(C)OC(=O)N1CC(c2ccc3c(c2)CN(C2CCC(=O)NC2=O)C3=O)C1. The Hall–Kier alpha value is -2.90. The highest BCUT2D eigenvalue weighted by Crippen LogP contribution is 2.33. The highest BCUT2D eigenvalue weighted by molar-refractivity contribution is 6.05. The van der Waals surface area contributed by atoms with E-state index in [1.54, 1.807) is 15.9 Å². The molecule has 154 valence electrons.